The quantitative estimate of drug-likeness (QED) is 0.716. The Balaban J connectivity index is 1.82. The Morgan fingerprint density at radius 1 is 1.15 bits per heavy atom. The molecule has 102 valence electrons. The average molecular weight is 268 g/mol. The number of likely N-dealkylation sites (N-methyl/N-ethyl adjacent to an activating group) is 1. The second-order valence-corrected chi connectivity index (χ2v) is 4.75. The van der Waals surface area contributed by atoms with Crippen molar-refractivity contribution in [2.45, 2.75) is 6.42 Å². The molecule has 3 heterocycles. The maximum absolute atomic E-state index is 4.39. The Bertz CT molecular complexity index is 706. The third kappa shape index (κ3) is 2.32. The fourth-order valence-corrected chi connectivity index (χ4v) is 2.20. The van der Waals surface area contributed by atoms with Gasteiger partial charge in [0.1, 0.15) is 11.8 Å². The largest absolute Gasteiger partial charge is 0.357 e. The predicted octanol–water partition coefficient (Wildman–Crippen LogP) is 1.44. The summed E-state index contributed by atoms with van der Waals surface area (Å²) in [5.41, 5.74) is 2.96. The first-order chi connectivity index (χ1) is 9.75. The van der Waals surface area contributed by atoms with Crippen LogP contribution in [0.15, 0.2) is 37.2 Å². The van der Waals surface area contributed by atoms with Gasteiger partial charge in [-0.1, -0.05) is 0 Å². The SMILES string of the molecule is CN(CCc1ccncc1)c1ncnc2ncn(C)c12. The fraction of sp³-hybridized carbons (Fsp3) is 0.286. The van der Waals surface area contributed by atoms with Crippen LogP contribution in [-0.4, -0.2) is 38.1 Å². The number of pyridine rings is 1. The minimum atomic E-state index is 0.730. The summed E-state index contributed by atoms with van der Waals surface area (Å²) in [6.07, 6.45) is 7.91. The van der Waals surface area contributed by atoms with E-state index >= 15 is 0 Å². The smallest absolute Gasteiger partial charge is 0.182 e. The molecule has 0 saturated heterocycles. The third-order valence-electron chi connectivity index (χ3n) is 3.34. The van der Waals surface area contributed by atoms with Gasteiger partial charge in [-0.25, -0.2) is 15.0 Å². The van der Waals surface area contributed by atoms with E-state index in [4.69, 9.17) is 0 Å². The Morgan fingerprint density at radius 3 is 2.75 bits per heavy atom. The van der Waals surface area contributed by atoms with Gasteiger partial charge in [-0.05, 0) is 24.1 Å². The molecule has 6 heteroatoms. The Morgan fingerprint density at radius 2 is 1.95 bits per heavy atom. The zero-order valence-electron chi connectivity index (χ0n) is 11.6. The van der Waals surface area contributed by atoms with Crippen LogP contribution in [0.3, 0.4) is 0 Å². The molecule has 0 unspecified atom stereocenters. The zero-order valence-corrected chi connectivity index (χ0v) is 11.6. The van der Waals surface area contributed by atoms with Crippen LogP contribution in [0.5, 0.6) is 0 Å². The molecule has 0 N–H and O–H groups in total. The summed E-state index contributed by atoms with van der Waals surface area (Å²) in [4.78, 5) is 19.0. The highest BCUT2D eigenvalue weighted by molar-refractivity contribution is 5.83. The zero-order chi connectivity index (χ0) is 13.9. The molecule has 0 aliphatic carbocycles. The summed E-state index contributed by atoms with van der Waals surface area (Å²) in [6.45, 7) is 0.876. The lowest BCUT2D eigenvalue weighted by Gasteiger charge is -2.18. The van der Waals surface area contributed by atoms with Crippen molar-refractivity contribution < 1.29 is 0 Å². The number of rotatable bonds is 4. The van der Waals surface area contributed by atoms with Crippen LogP contribution in [0.1, 0.15) is 5.56 Å². The molecule has 0 atom stereocenters. The lowest BCUT2D eigenvalue weighted by atomic mass is 10.2. The van der Waals surface area contributed by atoms with Crippen LogP contribution in [0, 0.1) is 0 Å². The van der Waals surface area contributed by atoms with Gasteiger partial charge in [0, 0.05) is 33.0 Å². The van der Waals surface area contributed by atoms with Gasteiger partial charge >= 0.3 is 0 Å². The van der Waals surface area contributed by atoms with Crippen molar-refractivity contribution in [2.75, 3.05) is 18.5 Å². The maximum atomic E-state index is 4.39. The summed E-state index contributed by atoms with van der Waals surface area (Å²) in [7, 11) is 3.99. The molecule has 3 aromatic heterocycles. The van der Waals surface area contributed by atoms with E-state index in [-0.39, 0.29) is 0 Å². The van der Waals surface area contributed by atoms with Gasteiger partial charge in [0.25, 0.3) is 0 Å². The first kappa shape index (κ1) is 12.5. The number of aryl methyl sites for hydroxylation is 1. The summed E-state index contributed by atoms with van der Waals surface area (Å²) >= 11 is 0. The van der Waals surface area contributed by atoms with Crippen molar-refractivity contribution in [3.63, 3.8) is 0 Å². The fourth-order valence-electron chi connectivity index (χ4n) is 2.20. The van der Waals surface area contributed by atoms with E-state index in [9.17, 15) is 0 Å². The Kier molecular flexibility index (Phi) is 3.28. The lowest BCUT2D eigenvalue weighted by molar-refractivity contribution is 0.851. The maximum Gasteiger partial charge on any atom is 0.182 e. The van der Waals surface area contributed by atoms with Crippen molar-refractivity contribution in [1.82, 2.24) is 24.5 Å². The van der Waals surface area contributed by atoms with Gasteiger partial charge in [-0.2, -0.15) is 0 Å². The van der Waals surface area contributed by atoms with E-state index in [1.54, 1.807) is 12.7 Å². The van der Waals surface area contributed by atoms with Crippen LogP contribution in [0.4, 0.5) is 5.82 Å². The van der Waals surface area contributed by atoms with E-state index in [1.807, 2.05) is 43.2 Å². The highest BCUT2D eigenvalue weighted by atomic mass is 15.2. The van der Waals surface area contributed by atoms with Crippen LogP contribution in [0.25, 0.3) is 11.2 Å². The minimum Gasteiger partial charge on any atom is -0.357 e. The molecule has 0 spiro atoms. The molecular weight excluding hydrogens is 252 g/mol. The molecule has 3 aromatic rings. The number of imidazole rings is 1. The number of aromatic nitrogens is 5. The van der Waals surface area contributed by atoms with E-state index in [0.29, 0.717) is 0 Å². The van der Waals surface area contributed by atoms with Crippen molar-refractivity contribution in [3.05, 3.63) is 42.7 Å². The van der Waals surface area contributed by atoms with Crippen molar-refractivity contribution >= 4 is 17.0 Å². The lowest BCUT2D eigenvalue weighted by Crippen LogP contribution is -2.22. The first-order valence-electron chi connectivity index (χ1n) is 6.48. The second-order valence-electron chi connectivity index (χ2n) is 4.75. The summed E-state index contributed by atoms with van der Waals surface area (Å²) in [5.74, 6) is 0.907. The summed E-state index contributed by atoms with van der Waals surface area (Å²) in [5, 5.41) is 0. The van der Waals surface area contributed by atoms with Gasteiger partial charge in [0.05, 0.1) is 6.33 Å². The monoisotopic (exact) mass is 268 g/mol. The molecule has 6 nitrogen and oxygen atoms in total. The average Bonchev–Trinajstić information content (AvgIpc) is 2.87. The molecular formula is C14H16N6. The minimum absolute atomic E-state index is 0.730. The van der Waals surface area contributed by atoms with Crippen molar-refractivity contribution in [2.24, 2.45) is 7.05 Å². The van der Waals surface area contributed by atoms with Gasteiger partial charge < -0.3 is 9.47 Å². The molecule has 0 aromatic carbocycles. The molecule has 20 heavy (non-hydrogen) atoms. The number of anilines is 1. The number of hydrogen-bond acceptors (Lipinski definition) is 5. The second kappa shape index (κ2) is 5.24. The van der Waals surface area contributed by atoms with Crippen molar-refractivity contribution in [3.8, 4) is 0 Å². The molecule has 0 bridgehead atoms. The van der Waals surface area contributed by atoms with Gasteiger partial charge in [0.15, 0.2) is 11.5 Å². The summed E-state index contributed by atoms with van der Waals surface area (Å²) < 4.78 is 1.95. The van der Waals surface area contributed by atoms with E-state index in [1.165, 1.54) is 5.56 Å². The van der Waals surface area contributed by atoms with E-state index in [2.05, 4.69) is 24.8 Å². The Hall–Kier alpha value is -2.50. The van der Waals surface area contributed by atoms with Gasteiger partial charge in [-0.15, -0.1) is 0 Å². The molecule has 0 aliphatic rings. The molecule has 0 aliphatic heterocycles. The van der Waals surface area contributed by atoms with Crippen LogP contribution in [0.2, 0.25) is 0 Å². The van der Waals surface area contributed by atoms with E-state index < -0.39 is 0 Å². The van der Waals surface area contributed by atoms with Crippen LogP contribution < -0.4 is 4.90 Å². The highest BCUT2D eigenvalue weighted by Gasteiger charge is 2.12. The molecule has 0 fully saturated rings. The predicted molar refractivity (Wildman–Crippen MR) is 77.5 cm³/mol. The molecule has 0 saturated carbocycles. The van der Waals surface area contributed by atoms with Gasteiger partial charge in [-0.3, -0.25) is 4.98 Å². The highest BCUT2D eigenvalue weighted by Crippen LogP contribution is 2.20. The molecule has 3 rings (SSSR count). The van der Waals surface area contributed by atoms with Crippen LogP contribution >= 0.6 is 0 Å². The van der Waals surface area contributed by atoms with Crippen molar-refractivity contribution in [1.29, 1.82) is 0 Å². The van der Waals surface area contributed by atoms with Gasteiger partial charge in [0.2, 0.25) is 0 Å². The van der Waals surface area contributed by atoms with Crippen LogP contribution in [-0.2, 0) is 13.5 Å². The number of fused-ring (bicyclic) bond motifs is 1. The Labute approximate surface area is 117 Å². The first-order valence-corrected chi connectivity index (χ1v) is 6.48. The normalized spacial score (nSPS) is 10.9. The standard InChI is InChI=1S/C14H16N6/c1-19(8-5-11-3-6-15-7-4-11)14-12-13(16-9-17-14)18-10-20(12)2/h3-4,6-7,9-10H,5,8H2,1-2H3. The third-order valence-corrected chi connectivity index (χ3v) is 3.34. The summed E-state index contributed by atoms with van der Waals surface area (Å²) in [6, 6.07) is 4.07. The molecule has 0 amide bonds. The number of nitrogens with zero attached hydrogens (tertiary/aromatic N) is 6. The molecule has 0 radical (unpaired) electrons. The number of hydrogen-bond donors (Lipinski definition) is 0. The van der Waals surface area contributed by atoms with E-state index in [0.717, 1.165) is 29.9 Å². The topological polar surface area (TPSA) is 59.7 Å².